The molecule has 0 atom stereocenters. The van der Waals surface area contributed by atoms with Gasteiger partial charge in [-0.05, 0) is 47.3 Å². The van der Waals surface area contributed by atoms with Crippen LogP contribution >= 0.6 is 0 Å². The summed E-state index contributed by atoms with van der Waals surface area (Å²) in [5, 5.41) is 0. The van der Waals surface area contributed by atoms with Gasteiger partial charge in [0.2, 0.25) is 0 Å². The summed E-state index contributed by atoms with van der Waals surface area (Å²) in [4.78, 5) is 0. The van der Waals surface area contributed by atoms with Crippen LogP contribution in [0.1, 0.15) is 128 Å². The molecule has 0 rings (SSSR count). The van der Waals surface area contributed by atoms with Crippen LogP contribution in [0.2, 0.25) is 0 Å². The lowest BCUT2D eigenvalue weighted by Crippen LogP contribution is -2.09. The predicted octanol–water partition coefficient (Wildman–Crippen LogP) is 8.89. The van der Waals surface area contributed by atoms with Crippen LogP contribution in [0, 0.1) is 21.7 Å². The summed E-state index contributed by atoms with van der Waals surface area (Å²) in [5.74, 6) is 0. The van der Waals surface area contributed by atoms with Crippen molar-refractivity contribution in [3.63, 3.8) is 0 Å². The van der Waals surface area contributed by atoms with Crippen molar-refractivity contribution in [2.24, 2.45) is 21.7 Å². The minimum atomic E-state index is 0.519. The van der Waals surface area contributed by atoms with Gasteiger partial charge in [0.05, 0.1) is 0 Å². The third-order valence-corrected chi connectivity index (χ3v) is 3.96. The Morgan fingerprint density at radius 2 is 0.478 bits per heavy atom. The third kappa shape index (κ3) is 30.4. The van der Waals surface area contributed by atoms with E-state index >= 15 is 0 Å². The highest BCUT2D eigenvalue weighted by Gasteiger charge is 2.14. The van der Waals surface area contributed by atoms with E-state index in [9.17, 15) is 0 Å². The molecule has 0 aromatic heterocycles. The molecule has 0 fully saturated rings. The van der Waals surface area contributed by atoms with E-state index in [2.05, 4.69) is 83.1 Å². The summed E-state index contributed by atoms with van der Waals surface area (Å²) in [6, 6.07) is 0. The van der Waals surface area contributed by atoms with E-state index in [-0.39, 0.29) is 0 Å². The van der Waals surface area contributed by atoms with Crippen molar-refractivity contribution in [1.29, 1.82) is 0 Å². The van der Waals surface area contributed by atoms with Gasteiger partial charge >= 0.3 is 0 Å². The molecule has 23 heavy (non-hydrogen) atoms. The van der Waals surface area contributed by atoms with Gasteiger partial charge in [-0.15, -0.1) is 0 Å². The lowest BCUT2D eigenvalue weighted by molar-refractivity contribution is 0.301. The Kier molecular flexibility index (Phi) is 11.1. The van der Waals surface area contributed by atoms with Gasteiger partial charge in [-0.1, -0.05) is 102 Å². The zero-order valence-electron chi connectivity index (χ0n) is 18.9. The van der Waals surface area contributed by atoms with E-state index in [4.69, 9.17) is 0 Å². The Balaban J connectivity index is 0. The summed E-state index contributed by atoms with van der Waals surface area (Å²) in [6.45, 7) is 27.8. The second-order valence-electron chi connectivity index (χ2n) is 12.3. The molecule has 0 saturated heterocycles. The van der Waals surface area contributed by atoms with E-state index in [1.54, 1.807) is 0 Å². The average molecular weight is 327 g/mol. The van der Waals surface area contributed by atoms with Gasteiger partial charge in [0.15, 0.2) is 0 Å². The largest absolute Gasteiger partial charge is 0.0602 e. The Labute approximate surface area is 150 Å². The number of rotatable bonds is 5. The fourth-order valence-corrected chi connectivity index (χ4v) is 2.46. The Hall–Kier alpha value is 0. The third-order valence-electron chi connectivity index (χ3n) is 3.96. The normalized spacial score (nSPS) is 13.6. The molecular weight excluding hydrogens is 276 g/mol. The minimum Gasteiger partial charge on any atom is -0.0602 e. The molecule has 0 aliphatic carbocycles. The van der Waals surface area contributed by atoms with Gasteiger partial charge in [0, 0.05) is 0 Å². The van der Waals surface area contributed by atoms with Crippen molar-refractivity contribution in [3.05, 3.63) is 0 Å². The van der Waals surface area contributed by atoms with Crippen LogP contribution in [0.4, 0.5) is 0 Å². The van der Waals surface area contributed by atoms with Crippen LogP contribution in [0.25, 0.3) is 0 Å². The molecule has 0 bridgehead atoms. The maximum absolute atomic E-state index is 2.32. The average Bonchev–Trinajstić information content (AvgIpc) is 2.19. The molecule has 0 aliphatic heterocycles. The van der Waals surface area contributed by atoms with Crippen LogP contribution < -0.4 is 0 Å². The molecule has 0 saturated carbocycles. The van der Waals surface area contributed by atoms with E-state index in [0.29, 0.717) is 21.7 Å². The first-order valence-electron chi connectivity index (χ1n) is 9.91. The fourth-order valence-electron chi connectivity index (χ4n) is 2.46. The van der Waals surface area contributed by atoms with Crippen LogP contribution in [-0.4, -0.2) is 0 Å². The highest BCUT2D eigenvalue weighted by atomic mass is 14.2. The molecule has 0 aromatic rings. The van der Waals surface area contributed by atoms with Crippen molar-refractivity contribution in [2.75, 3.05) is 0 Å². The van der Waals surface area contributed by atoms with Gasteiger partial charge < -0.3 is 0 Å². The SMILES string of the molecule is CC(C)(C)CCCC(C)(C)C.CC(C)(C)CCCCC(C)(C)C. The molecule has 0 nitrogen and oxygen atoms in total. The monoisotopic (exact) mass is 326 g/mol. The maximum atomic E-state index is 2.32. The standard InChI is InChI=1S/C12H26.C11H24/c1-11(2,3)9-7-8-10-12(4,5)6;1-10(2,3)8-7-9-11(4,5)6/h7-10H2,1-6H3;7-9H2,1-6H3. The lowest BCUT2D eigenvalue weighted by Gasteiger charge is -2.22. The van der Waals surface area contributed by atoms with Crippen molar-refractivity contribution in [3.8, 4) is 0 Å². The van der Waals surface area contributed by atoms with Crippen LogP contribution in [0.15, 0.2) is 0 Å². The van der Waals surface area contributed by atoms with E-state index in [1.807, 2.05) is 0 Å². The van der Waals surface area contributed by atoms with E-state index < -0.39 is 0 Å². The molecular formula is C23H50. The van der Waals surface area contributed by atoms with Crippen LogP contribution in [-0.2, 0) is 0 Å². The highest BCUT2D eigenvalue weighted by Crippen LogP contribution is 2.28. The van der Waals surface area contributed by atoms with Crippen molar-refractivity contribution >= 4 is 0 Å². The topological polar surface area (TPSA) is 0 Å². The molecule has 0 aliphatic rings. The fraction of sp³-hybridized carbons (Fsp3) is 1.00. The Morgan fingerprint density at radius 3 is 0.652 bits per heavy atom. The first kappa shape index (κ1) is 25.2. The van der Waals surface area contributed by atoms with Crippen molar-refractivity contribution < 1.29 is 0 Å². The molecule has 0 amide bonds. The quantitative estimate of drug-likeness (QED) is 0.442. The highest BCUT2D eigenvalue weighted by molar-refractivity contribution is 4.66. The molecule has 0 heterocycles. The molecule has 0 unspecified atom stereocenters. The maximum Gasteiger partial charge on any atom is -0.0383 e. The van der Waals surface area contributed by atoms with Gasteiger partial charge in [0.1, 0.15) is 0 Å². The zero-order chi connectivity index (χ0) is 18.9. The minimum absolute atomic E-state index is 0.519. The summed E-state index contributed by atoms with van der Waals surface area (Å²) in [7, 11) is 0. The zero-order valence-corrected chi connectivity index (χ0v) is 18.9. The molecule has 0 heteroatoms. The summed E-state index contributed by atoms with van der Waals surface area (Å²) >= 11 is 0. The molecule has 0 spiro atoms. The molecule has 0 aromatic carbocycles. The van der Waals surface area contributed by atoms with E-state index in [0.717, 1.165) is 0 Å². The molecule has 0 N–H and O–H groups in total. The lowest BCUT2D eigenvalue weighted by atomic mass is 9.84. The van der Waals surface area contributed by atoms with Crippen molar-refractivity contribution in [2.45, 2.75) is 128 Å². The summed E-state index contributed by atoms with van der Waals surface area (Å²) in [6.07, 6.45) is 9.58. The Morgan fingerprint density at radius 1 is 0.304 bits per heavy atom. The first-order valence-corrected chi connectivity index (χ1v) is 9.91. The van der Waals surface area contributed by atoms with Gasteiger partial charge in [-0.2, -0.15) is 0 Å². The summed E-state index contributed by atoms with van der Waals surface area (Å²) < 4.78 is 0. The van der Waals surface area contributed by atoms with Crippen LogP contribution in [0.3, 0.4) is 0 Å². The number of hydrogen-bond donors (Lipinski definition) is 0. The van der Waals surface area contributed by atoms with Gasteiger partial charge in [-0.3, -0.25) is 0 Å². The molecule has 142 valence electrons. The molecule has 0 radical (unpaired) electrons. The predicted molar refractivity (Wildman–Crippen MR) is 110 cm³/mol. The number of unbranched alkanes of at least 4 members (excludes halogenated alkanes) is 1. The van der Waals surface area contributed by atoms with Gasteiger partial charge in [0.25, 0.3) is 0 Å². The second kappa shape index (κ2) is 10.1. The van der Waals surface area contributed by atoms with Gasteiger partial charge in [-0.25, -0.2) is 0 Å². The second-order valence-corrected chi connectivity index (χ2v) is 12.3. The van der Waals surface area contributed by atoms with Crippen LogP contribution in [0.5, 0.6) is 0 Å². The summed E-state index contributed by atoms with van der Waals surface area (Å²) in [5.41, 5.74) is 2.09. The Bertz CT molecular complexity index is 239. The first-order chi connectivity index (χ1) is 9.91. The smallest absolute Gasteiger partial charge is 0.0383 e. The number of hydrogen-bond acceptors (Lipinski definition) is 0. The van der Waals surface area contributed by atoms with E-state index in [1.165, 1.54) is 44.9 Å². The van der Waals surface area contributed by atoms with Crippen molar-refractivity contribution in [1.82, 2.24) is 0 Å².